The number of aliphatic hydroxyl groups excluding tert-OH is 1. The van der Waals surface area contributed by atoms with Crippen LogP contribution in [0, 0.1) is 5.92 Å². The maximum atomic E-state index is 11.7. The minimum absolute atomic E-state index is 0.0301. The van der Waals surface area contributed by atoms with Gasteiger partial charge in [-0.2, -0.15) is 0 Å². The molecule has 0 spiro atoms. The van der Waals surface area contributed by atoms with Gasteiger partial charge in [-0.25, -0.2) is 0 Å². The first kappa shape index (κ1) is 10.3. The molecule has 1 unspecified atom stereocenters. The van der Waals surface area contributed by atoms with Crippen molar-refractivity contribution in [2.24, 2.45) is 5.92 Å². The molecular weight excluding hydrogens is 166 g/mol. The Bertz CT molecular complexity index is 205. The maximum absolute atomic E-state index is 11.7. The van der Waals surface area contributed by atoms with Crippen molar-refractivity contribution in [1.82, 2.24) is 4.90 Å². The molecule has 1 aliphatic rings. The van der Waals surface area contributed by atoms with Crippen LogP contribution >= 0.6 is 0 Å². The van der Waals surface area contributed by atoms with Crippen molar-refractivity contribution < 1.29 is 9.90 Å². The highest BCUT2D eigenvalue weighted by molar-refractivity contribution is 5.79. The smallest absolute Gasteiger partial charge is 0.226 e. The second-order valence-electron chi connectivity index (χ2n) is 3.62. The molecule has 1 rings (SSSR count). The molecule has 0 aromatic rings. The quantitative estimate of drug-likeness (QED) is 0.657. The van der Waals surface area contributed by atoms with Gasteiger partial charge in [0.2, 0.25) is 5.91 Å². The lowest BCUT2D eigenvalue weighted by atomic mass is 10.1. The van der Waals surface area contributed by atoms with E-state index in [9.17, 15) is 4.79 Å². The molecule has 1 aliphatic carbocycles. The van der Waals surface area contributed by atoms with E-state index in [4.69, 9.17) is 5.11 Å². The lowest BCUT2D eigenvalue weighted by molar-refractivity contribution is -0.136. The minimum Gasteiger partial charge on any atom is -0.394 e. The Hall–Kier alpha value is -0.830. The highest BCUT2D eigenvalue weighted by atomic mass is 16.3. The molecule has 0 bridgehead atoms. The number of hydrogen-bond acceptors (Lipinski definition) is 2. The average molecular weight is 183 g/mol. The number of carbonyl (C=O) groups is 1. The number of amides is 1. The third-order valence-electron chi connectivity index (χ3n) is 2.63. The van der Waals surface area contributed by atoms with E-state index in [-0.39, 0.29) is 24.5 Å². The van der Waals surface area contributed by atoms with Crippen LogP contribution in [-0.2, 0) is 4.79 Å². The van der Waals surface area contributed by atoms with E-state index in [1.807, 2.05) is 19.1 Å². The summed E-state index contributed by atoms with van der Waals surface area (Å²) in [5.74, 6) is 0.255. The van der Waals surface area contributed by atoms with Crippen LogP contribution in [-0.4, -0.2) is 35.6 Å². The first-order valence-electron chi connectivity index (χ1n) is 4.69. The van der Waals surface area contributed by atoms with Gasteiger partial charge in [0.15, 0.2) is 0 Å². The topological polar surface area (TPSA) is 40.5 Å². The minimum atomic E-state index is -0.0758. The van der Waals surface area contributed by atoms with Crippen molar-refractivity contribution >= 4 is 5.91 Å². The van der Waals surface area contributed by atoms with Gasteiger partial charge in [0, 0.05) is 13.0 Å². The van der Waals surface area contributed by atoms with E-state index >= 15 is 0 Å². The summed E-state index contributed by atoms with van der Waals surface area (Å²) < 4.78 is 0. The van der Waals surface area contributed by atoms with Gasteiger partial charge in [0.05, 0.1) is 12.6 Å². The molecule has 1 atom stereocenters. The van der Waals surface area contributed by atoms with E-state index in [0.29, 0.717) is 0 Å². The monoisotopic (exact) mass is 183 g/mol. The Morgan fingerprint density at radius 3 is 2.62 bits per heavy atom. The van der Waals surface area contributed by atoms with Gasteiger partial charge in [0.25, 0.3) is 0 Å². The van der Waals surface area contributed by atoms with Gasteiger partial charge in [0.1, 0.15) is 0 Å². The van der Waals surface area contributed by atoms with Crippen LogP contribution < -0.4 is 0 Å². The van der Waals surface area contributed by atoms with Crippen LogP contribution in [0.25, 0.3) is 0 Å². The molecule has 0 heterocycles. The summed E-state index contributed by atoms with van der Waals surface area (Å²) in [4.78, 5) is 13.4. The number of hydrogen-bond donors (Lipinski definition) is 1. The van der Waals surface area contributed by atoms with Crippen LogP contribution in [0.3, 0.4) is 0 Å². The van der Waals surface area contributed by atoms with E-state index < -0.39 is 0 Å². The molecule has 0 aliphatic heterocycles. The predicted octanol–water partition coefficient (Wildman–Crippen LogP) is 0.792. The number of rotatable bonds is 3. The molecule has 0 aromatic carbocycles. The van der Waals surface area contributed by atoms with Gasteiger partial charge >= 0.3 is 0 Å². The Kier molecular flexibility index (Phi) is 3.48. The third kappa shape index (κ3) is 2.31. The summed E-state index contributed by atoms with van der Waals surface area (Å²) in [7, 11) is 1.75. The molecule has 3 heteroatoms. The second-order valence-corrected chi connectivity index (χ2v) is 3.62. The van der Waals surface area contributed by atoms with Crippen LogP contribution in [0.15, 0.2) is 12.2 Å². The largest absolute Gasteiger partial charge is 0.394 e. The van der Waals surface area contributed by atoms with Gasteiger partial charge in [-0.05, 0) is 19.8 Å². The number of carbonyl (C=O) groups excluding carboxylic acids is 1. The SMILES string of the molecule is CC(CO)N(C)C(=O)C1CC=CC1. The summed E-state index contributed by atoms with van der Waals surface area (Å²) in [6.45, 7) is 1.88. The normalized spacial score (nSPS) is 19.0. The highest BCUT2D eigenvalue weighted by Crippen LogP contribution is 2.20. The van der Waals surface area contributed by atoms with Crippen molar-refractivity contribution in [2.75, 3.05) is 13.7 Å². The number of allylic oxidation sites excluding steroid dienone is 2. The number of nitrogens with zero attached hydrogens (tertiary/aromatic N) is 1. The van der Waals surface area contributed by atoms with Gasteiger partial charge in [-0.15, -0.1) is 0 Å². The fourth-order valence-electron chi connectivity index (χ4n) is 1.45. The predicted molar refractivity (Wildman–Crippen MR) is 51.2 cm³/mol. The fourth-order valence-corrected chi connectivity index (χ4v) is 1.45. The Morgan fingerprint density at radius 1 is 1.62 bits per heavy atom. The van der Waals surface area contributed by atoms with E-state index in [1.165, 1.54) is 0 Å². The summed E-state index contributed by atoms with van der Waals surface area (Å²) in [6, 6.07) is -0.0758. The molecule has 0 fully saturated rings. The van der Waals surface area contributed by atoms with Gasteiger partial charge in [-0.1, -0.05) is 12.2 Å². The average Bonchev–Trinajstić information content (AvgIpc) is 2.67. The molecule has 0 radical (unpaired) electrons. The Morgan fingerprint density at radius 2 is 2.15 bits per heavy atom. The highest BCUT2D eigenvalue weighted by Gasteiger charge is 2.24. The molecule has 3 nitrogen and oxygen atoms in total. The molecule has 0 aromatic heterocycles. The van der Waals surface area contributed by atoms with E-state index in [2.05, 4.69) is 0 Å². The van der Waals surface area contributed by atoms with E-state index in [0.717, 1.165) is 12.8 Å². The molecule has 1 N–H and O–H groups in total. The molecule has 13 heavy (non-hydrogen) atoms. The van der Waals surface area contributed by atoms with Crippen molar-refractivity contribution in [3.8, 4) is 0 Å². The van der Waals surface area contributed by atoms with Crippen molar-refractivity contribution in [3.05, 3.63) is 12.2 Å². The first-order valence-corrected chi connectivity index (χ1v) is 4.69. The van der Waals surface area contributed by atoms with Crippen LogP contribution in [0.2, 0.25) is 0 Å². The first-order chi connectivity index (χ1) is 6.16. The second kappa shape index (κ2) is 4.42. The summed E-state index contributed by atoms with van der Waals surface area (Å²) in [6.07, 6.45) is 5.78. The van der Waals surface area contributed by atoms with Gasteiger partial charge < -0.3 is 10.0 Å². The van der Waals surface area contributed by atoms with Crippen molar-refractivity contribution in [3.63, 3.8) is 0 Å². The zero-order valence-corrected chi connectivity index (χ0v) is 8.23. The summed E-state index contributed by atoms with van der Waals surface area (Å²) in [5, 5.41) is 8.89. The molecule has 1 amide bonds. The van der Waals surface area contributed by atoms with Crippen molar-refractivity contribution in [2.45, 2.75) is 25.8 Å². The van der Waals surface area contributed by atoms with Crippen LogP contribution in [0.1, 0.15) is 19.8 Å². The summed E-state index contributed by atoms with van der Waals surface area (Å²) in [5.41, 5.74) is 0. The Balaban J connectivity index is 2.46. The van der Waals surface area contributed by atoms with Crippen molar-refractivity contribution in [1.29, 1.82) is 0 Å². The number of aliphatic hydroxyl groups is 1. The number of likely N-dealkylation sites (N-methyl/N-ethyl adjacent to an activating group) is 1. The molecule has 74 valence electrons. The molecule has 0 saturated carbocycles. The summed E-state index contributed by atoms with van der Waals surface area (Å²) >= 11 is 0. The molecule has 0 saturated heterocycles. The zero-order chi connectivity index (χ0) is 9.84. The van der Waals surface area contributed by atoms with Gasteiger partial charge in [-0.3, -0.25) is 4.79 Å². The maximum Gasteiger partial charge on any atom is 0.226 e. The fraction of sp³-hybridized carbons (Fsp3) is 0.700. The zero-order valence-electron chi connectivity index (χ0n) is 8.23. The lowest BCUT2D eigenvalue weighted by Crippen LogP contribution is -2.40. The van der Waals surface area contributed by atoms with E-state index in [1.54, 1.807) is 11.9 Å². The van der Waals surface area contributed by atoms with Crippen LogP contribution in [0.4, 0.5) is 0 Å². The van der Waals surface area contributed by atoms with Crippen LogP contribution in [0.5, 0.6) is 0 Å². The standard InChI is InChI=1S/C10H17NO2/c1-8(7-12)11(2)10(13)9-5-3-4-6-9/h3-4,8-9,12H,5-7H2,1-2H3. The lowest BCUT2D eigenvalue weighted by Gasteiger charge is -2.26. The Labute approximate surface area is 79.0 Å². The molecular formula is C10H17NO2. The third-order valence-corrected chi connectivity index (χ3v) is 2.63.